The van der Waals surface area contributed by atoms with Crippen molar-refractivity contribution in [3.05, 3.63) is 36.0 Å². The smallest absolute Gasteiger partial charge is 0.00247 e. The highest BCUT2D eigenvalue weighted by molar-refractivity contribution is 5.02. The van der Waals surface area contributed by atoms with Crippen LogP contribution in [-0.4, -0.2) is 25.5 Å². The average molecular weight is 530 g/mol. The van der Waals surface area contributed by atoms with Crippen molar-refractivity contribution in [3.8, 4) is 0 Å². The van der Waals surface area contributed by atoms with Crippen molar-refractivity contribution in [1.29, 1.82) is 0 Å². The molecule has 0 heterocycles. The molecule has 0 aromatic heterocycles. The minimum atomic E-state index is 1.12. The molecule has 38 heavy (non-hydrogen) atoms. The first kappa shape index (κ1) is 37.2. The Balaban J connectivity index is 3.89. The highest BCUT2D eigenvalue weighted by Gasteiger charge is 2.01. The molecule has 0 aromatic rings. The van der Waals surface area contributed by atoms with E-state index in [0.717, 1.165) is 6.42 Å². The summed E-state index contributed by atoms with van der Waals surface area (Å²) in [6, 6.07) is 0. The summed E-state index contributed by atoms with van der Waals surface area (Å²) in [5.41, 5.74) is 1.78. The molecule has 0 aliphatic rings. The quantitative estimate of drug-likeness (QED) is 0.0660. The van der Waals surface area contributed by atoms with E-state index in [2.05, 4.69) is 63.2 Å². The Labute approximate surface area is 242 Å². The van der Waals surface area contributed by atoms with E-state index >= 15 is 0 Å². The van der Waals surface area contributed by atoms with Crippen LogP contribution in [0.3, 0.4) is 0 Å². The van der Waals surface area contributed by atoms with Crippen LogP contribution in [0, 0.1) is 0 Å². The topological polar surface area (TPSA) is 3.24 Å². The van der Waals surface area contributed by atoms with Crippen LogP contribution >= 0.6 is 0 Å². The Bertz CT molecular complexity index is 527. The molecule has 0 spiro atoms. The van der Waals surface area contributed by atoms with Crippen LogP contribution in [0.1, 0.15) is 181 Å². The molecule has 0 aromatic carbocycles. The normalized spacial score (nSPS) is 12.6. The van der Waals surface area contributed by atoms with E-state index in [0.29, 0.717) is 0 Å². The minimum Gasteiger partial charge on any atom is -0.309 e. The summed E-state index contributed by atoms with van der Waals surface area (Å²) in [4.78, 5) is 2.32. The monoisotopic (exact) mass is 530 g/mol. The van der Waals surface area contributed by atoms with Crippen molar-refractivity contribution in [1.82, 2.24) is 4.90 Å². The maximum absolute atomic E-state index is 2.63. The van der Waals surface area contributed by atoms with E-state index < -0.39 is 0 Å². The first-order valence-electron chi connectivity index (χ1n) is 17.3. The third-order valence-electron chi connectivity index (χ3n) is 7.79. The molecule has 0 saturated carbocycles. The van der Waals surface area contributed by atoms with Gasteiger partial charge in [-0.1, -0.05) is 140 Å². The number of hydrogen-bond acceptors (Lipinski definition) is 1. The molecule has 0 bridgehead atoms. The molecule has 0 saturated heterocycles. The SMILES string of the molecule is CCCCC/C=C\C/C=C\CCCCCCCC/C(=C\CCCCN(C)C)CCCCCCCCCCC. The van der Waals surface area contributed by atoms with Gasteiger partial charge in [0.2, 0.25) is 0 Å². The van der Waals surface area contributed by atoms with Crippen LogP contribution in [0.15, 0.2) is 36.0 Å². The molecule has 0 aliphatic carbocycles. The average Bonchev–Trinajstić information content (AvgIpc) is 2.91. The van der Waals surface area contributed by atoms with E-state index in [9.17, 15) is 0 Å². The second-order valence-electron chi connectivity index (χ2n) is 12.1. The van der Waals surface area contributed by atoms with Crippen LogP contribution in [0.2, 0.25) is 0 Å². The summed E-state index contributed by atoms with van der Waals surface area (Å²) in [6.07, 6.45) is 47.9. The lowest BCUT2D eigenvalue weighted by Gasteiger charge is -2.10. The fourth-order valence-electron chi connectivity index (χ4n) is 5.21. The highest BCUT2D eigenvalue weighted by atomic mass is 15.0. The van der Waals surface area contributed by atoms with Crippen molar-refractivity contribution in [3.63, 3.8) is 0 Å². The van der Waals surface area contributed by atoms with Gasteiger partial charge in [-0.25, -0.2) is 0 Å². The molecule has 224 valence electrons. The van der Waals surface area contributed by atoms with Crippen LogP contribution < -0.4 is 0 Å². The van der Waals surface area contributed by atoms with Gasteiger partial charge < -0.3 is 4.90 Å². The molecule has 0 N–H and O–H groups in total. The summed E-state index contributed by atoms with van der Waals surface area (Å²) in [5.74, 6) is 0. The molecule has 0 fully saturated rings. The zero-order valence-electron chi connectivity index (χ0n) is 26.9. The van der Waals surface area contributed by atoms with Crippen LogP contribution in [0.5, 0.6) is 0 Å². The van der Waals surface area contributed by atoms with E-state index in [1.165, 1.54) is 167 Å². The molecule has 0 atom stereocenters. The van der Waals surface area contributed by atoms with Gasteiger partial charge in [0.1, 0.15) is 0 Å². The predicted molar refractivity (Wildman–Crippen MR) is 176 cm³/mol. The summed E-state index contributed by atoms with van der Waals surface area (Å²) < 4.78 is 0. The Kier molecular flexibility index (Phi) is 31.7. The molecule has 1 nitrogen and oxygen atoms in total. The maximum atomic E-state index is 2.63. The third-order valence-corrected chi connectivity index (χ3v) is 7.79. The molecular formula is C37H71N. The van der Waals surface area contributed by atoms with Gasteiger partial charge in [-0.3, -0.25) is 0 Å². The highest BCUT2D eigenvalue weighted by Crippen LogP contribution is 2.20. The van der Waals surface area contributed by atoms with E-state index in [-0.39, 0.29) is 0 Å². The van der Waals surface area contributed by atoms with Gasteiger partial charge in [0, 0.05) is 0 Å². The number of nitrogens with zero attached hydrogens (tertiary/aromatic N) is 1. The maximum Gasteiger partial charge on any atom is -0.00247 e. The summed E-state index contributed by atoms with van der Waals surface area (Å²) >= 11 is 0. The van der Waals surface area contributed by atoms with Gasteiger partial charge in [-0.2, -0.15) is 0 Å². The Morgan fingerprint density at radius 2 is 0.868 bits per heavy atom. The van der Waals surface area contributed by atoms with Gasteiger partial charge in [-0.15, -0.1) is 0 Å². The standard InChI is InChI=1S/C37H71N/c1-5-7-9-11-13-15-16-17-18-19-20-21-23-25-27-30-34-37(35-31-28-32-36-38(3)4)33-29-26-24-22-14-12-10-8-6-2/h13,15,17-18,35H,5-12,14,16,19-34,36H2,1-4H3/b15-13-,18-17-,37-35-. The van der Waals surface area contributed by atoms with Gasteiger partial charge in [-0.05, 0) is 97.7 Å². The predicted octanol–water partition coefficient (Wildman–Crippen LogP) is 12.8. The van der Waals surface area contributed by atoms with Gasteiger partial charge >= 0.3 is 0 Å². The van der Waals surface area contributed by atoms with Crippen molar-refractivity contribution in [2.24, 2.45) is 0 Å². The van der Waals surface area contributed by atoms with Gasteiger partial charge in [0.25, 0.3) is 0 Å². The summed E-state index contributed by atoms with van der Waals surface area (Å²) in [5, 5.41) is 0. The molecule has 0 radical (unpaired) electrons. The first-order chi connectivity index (χ1) is 18.7. The number of unbranched alkanes of at least 4 members (excludes halogenated alkanes) is 19. The zero-order chi connectivity index (χ0) is 27.8. The van der Waals surface area contributed by atoms with Gasteiger partial charge in [0.15, 0.2) is 0 Å². The second-order valence-corrected chi connectivity index (χ2v) is 12.1. The molecule has 0 unspecified atom stereocenters. The Morgan fingerprint density at radius 1 is 0.447 bits per heavy atom. The molecule has 0 amide bonds. The van der Waals surface area contributed by atoms with E-state index in [1.54, 1.807) is 5.57 Å². The fraction of sp³-hybridized carbons (Fsp3) is 0.838. The largest absolute Gasteiger partial charge is 0.309 e. The zero-order valence-corrected chi connectivity index (χ0v) is 26.9. The number of hydrogen-bond donors (Lipinski definition) is 0. The fourth-order valence-corrected chi connectivity index (χ4v) is 5.21. The Morgan fingerprint density at radius 3 is 1.39 bits per heavy atom. The van der Waals surface area contributed by atoms with E-state index in [4.69, 9.17) is 0 Å². The molecule has 0 rings (SSSR count). The lowest BCUT2D eigenvalue weighted by molar-refractivity contribution is 0.395. The minimum absolute atomic E-state index is 1.12. The lowest BCUT2D eigenvalue weighted by Crippen LogP contribution is -2.12. The summed E-state index contributed by atoms with van der Waals surface area (Å²) in [7, 11) is 4.38. The van der Waals surface area contributed by atoms with Crippen molar-refractivity contribution < 1.29 is 0 Å². The second kappa shape index (κ2) is 32.4. The van der Waals surface area contributed by atoms with Crippen LogP contribution in [-0.2, 0) is 0 Å². The number of rotatable bonds is 30. The first-order valence-corrected chi connectivity index (χ1v) is 17.3. The van der Waals surface area contributed by atoms with Crippen molar-refractivity contribution >= 4 is 0 Å². The van der Waals surface area contributed by atoms with E-state index in [1.807, 2.05) is 0 Å². The van der Waals surface area contributed by atoms with Crippen LogP contribution in [0.25, 0.3) is 0 Å². The van der Waals surface area contributed by atoms with Crippen LogP contribution in [0.4, 0.5) is 0 Å². The van der Waals surface area contributed by atoms with Crippen molar-refractivity contribution in [2.45, 2.75) is 181 Å². The Hall–Kier alpha value is -0.820. The van der Waals surface area contributed by atoms with Gasteiger partial charge in [0.05, 0.1) is 0 Å². The molecule has 1 heteroatoms. The summed E-state index contributed by atoms with van der Waals surface area (Å²) in [6.45, 7) is 5.81. The molecule has 0 aliphatic heterocycles. The number of allylic oxidation sites excluding steroid dienone is 6. The third kappa shape index (κ3) is 31.4. The van der Waals surface area contributed by atoms with Crippen molar-refractivity contribution in [2.75, 3.05) is 20.6 Å². The molecular weight excluding hydrogens is 458 g/mol. The lowest BCUT2D eigenvalue weighted by atomic mass is 9.98.